The lowest BCUT2D eigenvalue weighted by molar-refractivity contribution is 0.181. The second-order valence-electron chi connectivity index (χ2n) is 7.14. The molecule has 3 rings (SSSR count). The minimum atomic E-state index is 0.632. The molecule has 1 saturated heterocycles. The van der Waals surface area contributed by atoms with E-state index in [9.17, 15) is 0 Å². The summed E-state index contributed by atoms with van der Waals surface area (Å²) in [4.78, 5) is 9.63. The van der Waals surface area contributed by atoms with Gasteiger partial charge in [0.25, 0.3) is 0 Å². The quantitative estimate of drug-likeness (QED) is 0.633. The fourth-order valence-corrected chi connectivity index (χ4v) is 3.71. The maximum absolute atomic E-state index is 5.49. The largest absolute Gasteiger partial charge is 0.381 e. The Kier molecular flexibility index (Phi) is 6.70. The van der Waals surface area contributed by atoms with E-state index < -0.39 is 0 Å². The third-order valence-corrected chi connectivity index (χ3v) is 5.14. The van der Waals surface area contributed by atoms with Crippen LogP contribution < -0.4 is 5.32 Å². The predicted molar refractivity (Wildman–Crippen MR) is 103 cm³/mol. The van der Waals surface area contributed by atoms with Gasteiger partial charge in [-0.25, -0.2) is 0 Å². The van der Waals surface area contributed by atoms with Gasteiger partial charge in [0.1, 0.15) is 0 Å². The van der Waals surface area contributed by atoms with E-state index >= 15 is 0 Å². The molecule has 2 heterocycles. The fraction of sp³-hybridized carbons (Fsp3) is 0.650. The Balaban J connectivity index is 1.49. The molecule has 138 valence electrons. The van der Waals surface area contributed by atoms with Gasteiger partial charge in [-0.2, -0.15) is 0 Å². The van der Waals surface area contributed by atoms with Gasteiger partial charge in [-0.1, -0.05) is 24.3 Å². The van der Waals surface area contributed by atoms with Gasteiger partial charge in [0.15, 0.2) is 5.96 Å². The van der Waals surface area contributed by atoms with Crippen molar-refractivity contribution in [1.82, 2.24) is 15.1 Å². The molecule has 0 bridgehead atoms. The SMILES string of the molecule is CCNC(=NCCN1CCc2ccccc2C1)N(C)CC1CCOC1. The molecule has 0 spiro atoms. The third-order valence-electron chi connectivity index (χ3n) is 5.14. The molecule has 1 atom stereocenters. The molecule has 25 heavy (non-hydrogen) atoms. The Labute approximate surface area is 152 Å². The van der Waals surface area contributed by atoms with E-state index in [0.717, 1.165) is 71.3 Å². The minimum Gasteiger partial charge on any atom is -0.381 e. The highest BCUT2D eigenvalue weighted by atomic mass is 16.5. The van der Waals surface area contributed by atoms with Crippen molar-refractivity contribution in [1.29, 1.82) is 0 Å². The van der Waals surface area contributed by atoms with Crippen LogP contribution in [0.4, 0.5) is 0 Å². The van der Waals surface area contributed by atoms with Crippen LogP contribution in [0, 0.1) is 5.92 Å². The lowest BCUT2D eigenvalue weighted by atomic mass is 10.00. The minimum absolute atomic E-state index is 0.632. The number of rotatable bonds is 6. The predicted octanol–water partition coefficient (Wildman–Crippen LogP) is 1.98. The highest BCUT2D eigenvalue weighted by Gasteiger charge is 2.19. The molecule has 5 heteroatoms. The molecule has 1 aromatic carbocycles. The summed E-state index contributed by atoms with van der Waals surface area (Å²) in [5, 5.41) is 3.43. The molecular weight excluding hydrogens is 312 g/mol. The van der Waals surface area contributed by atoms with Gasteiger partial charge in [-0.05, 0) is 30.9 Å². The average molecular weight is 345 g/mol. The number of fused-ring (bicyclic) bond motifs is 1. The smallest absolute Gasteiger partial charge is 0.193 e. The Hall–Kier alpha value is -1.59. The first-order chi connectivity index (χ1) is 12.3. The second kappa shape index (κ2) is 9.20. The van der Waals surface area contributed by atoms with E-state index in [1.165, 1.54) is 11.1 Å². The van der Waals surface area contributed by atoms with Crippen LogP contribution in [0.1, 0.15) is 24.5 Å². The van der Waals surface area contributed by atoms with Gasteiger partial charge in [-0.15, -0.1) is 0 Å². The summed E-state index contributed by atoms with van der Waals surface area (Å²) in [6.45, 7) is 9.89. The fourth-order valence-electron chi connectivity index (χ4n) is 3.71. The summed E-state index contributed by atoms with van der Waals surface area (Å²) in [6.07, 6.45) is 2.32. The van der Waals surface area contributed by atoms with E-state index in [1.807, 2.05) is 0 Å². The molecule has 0 aromatic heterocycles. The van der Waals surface area contributed by atoms with E-state index in [0.29, 0.717) is 5.92 Å². The molecule has 0 amide bonds. The summed E-state index contributed by atoms with van der Waals surface area (Å²) >= 11 is 0. The highest BCUT2D eigenvalue weighted by Crippen LogP contribution is 2.18. The summed E-state index contributed by atoms with van der Waals surface area (Å²) in [6, 6.07) is 8.81. The molecule has 0 radical (unpaired) electrons. The molecule has 1 N–H and O–H groups in total. The molecule has 2 aliphatic rings. The van der Waals surface area contributed by atoms with Crippen molar-refractivity contribution in [2.24, 2.45) is 10.9 Å². The topological polar surface area (TPSA) is 40.1 Å². The van der Waals surface area contributed by atoms with Crippen LogP contribution in [0.15, 0.2) is 29.3 Å². The molecule has 5 nitrogen and oxygen atoms in total. The van der Waals surface area contributed by atoms with Crippen molar-refractivity contribution >= 4 is 5.96 Å². The van der Waals surface area contributed by atoms with Gasteiger partial charge >= 0.3 is 0 Å². The Morgan fingerprint density at radius 1 is 1.36 bits per heavy atom. The van der Waals surface area contributed by atoms with Gasteiger partial charge in [0, 0.05) is 52.3 Å². The zero-order chi connectivity index (χ0) is 17.5. The summed E-state index contributed by atoms with van der Waals surface area (Å²) in [5.74, 6) is 1.65. The van der Waals surface area contributed by atoms with Crippen LogP contribution in [0.5, 0.6) is 0 Å². The van der Waals surface area contributed by atoms with E-state index in [1.54, 1.807) is 0 Å². The zero-order valence-electron chi connectivity index (χ0n) is 15.7. The van der Waals surface area contributed by atoms with Crippen LogP contribution >= 0.6 is 0 Å². The van der Waals surface area contributed by atoms with E-state index in [4.69, 9.17) is 9.73 Å². The summed E-state index contributed by atoms with van der Waals surface area (Å²) in [5.41, 5.74) is 2.98. The number of hydrogen-bond acceptors (Lipinski definition) is 3. The normalized spacial score (nSPS) is 21.2. The number of benzene rings is 1. The van der Waals surface area contributed by atoms with Crippen molar-refractivity contribution in [2.45, 2.75) is 26.3 Å². The first-order valence-corrected chi connectivity index (χ1v) is 9.62. The molecule has 0 saturated carbocycles. The van der Waals surface area contributed by atoms with E-state index in [2.05, 4.69) is 53.4 Å². The molecule has 1 fully saturated rings. The zero-order valence-corrected chi connectivity index (χ0v) is 15.7. The highest BCUT2D eigenvalue weighted by molar-refractivity contribution is 5.79. The van der Waals surface area contributed by atoms with E-state index in [-0.39, 0.29) is 0 Å². The third kappa shape index (κ3) is 5.19. The second-order valence-corrected chi connectivity index (χ2v) is 7.14. The van der Waals surface area contributed by atoms with Crippen molar-refractivity contribution in [3.63, 3.8) is 0 Å². The first kappa shape index (κ1) is 18.2. The Morgan fingerprint density at radius 2 is 2.20 bits per heavy atom. The maximum Gasteiger partial charge on any atom is 0.193 e. The number of hydrogen-bond donors (Lipinski definition) is 1. The van der Waals surface area contributed by atoms with Gasteiger partial charge in [-0.3, -0.25) is 9.89 Å². The lowest BCUT2D eigenvalue weighted by Gasteiger charge is -2.28. The van der Waals surface area contributed by atoms with Crippen LogP contribution in [0.25, 0.3) is 0 Å². The molecule has 0 aliphatic carbocycles. The standard InChI is InChI=1S/C20H32N4O/c1-3-21-20(23(2)14-17-9-13-25-16-17)22-10-12-24-11-8-18-6-4-5-7-19(18)15-24/h4-7,17H,3,8-16H2,1-2H3,(H,21,22). The van der Waals surface area contributed by atoms with Crippen LogP contribution in [-0.4, -0.2) is 68.7 Å². The monoisotopic (exact) mass is 344 g/mol. The average Bonchev–Trinajstić information content (AvgIpc) is 3.14. The van der Waals surface area contributed by atoms with Gasteiger partial charge in [0.05, 0.1) is 13.2 Å². The van der Waals surface area contributed by atoms with Crippen molar-refractivity contribution in [3.05, 3.63) is 35.4 Å². The Morgan fingerprint density at radius 3 is 2.96 bits per heavy atom. The summed E-state index contributed by atoms with van der Waals surface area (Å²) in [7, 11) is 2.14. The number of nitrogens with zero attached hydrogens (tertiary/aromatic N) is 3. The molecular formula is C20H32N4O. The lowest BCUT2D eigenvalue weighted by Crippen LogP contribution is -2.42. The number of nitrogens with one attached hydrogen (secondary N) is 1. The number of aliphatic imine (C=N–C) groups is 1. The van der Waals surface area contributed by atoms with Gasteiger partial charge in [0.2, 0.25) is 0 Å². The van der Waals surface area contributed by atoms with Crippen molar-refractivity contribution in [3.8, 4) is 0 Å². The molecule has 2 aliphatic heterocycles. The maximum atomic E-state index is 5.49. The number of guanidine groups is 1. The Bertz CT molecular complexity index is 569. The van der Waals surface area contributed by atoms with Crippen molar-refractivity contribution < 1.29 is 4.74 Å². The molecule has 1 aromatic rings. The number of ether oxygens (including phenoxy) is 1. The first-order valence-electron chi connectivity index (χ1n) is 9.62. The summed E-state index contributed by atoms with van der Waals surface area (Å²) < 4.78 is 5.49. The van der Waals surface area contributed by atoms with Gasteiger partial charge < -0.3 is 15.0 Å². The van der Waals surface area contributed by atoms with Crippen LogP contribution in [0.3, 0.4) is 0 Å². The van der Waals surface area contributed by atoms with Crippen LogP contribution in [-0.2, 0) is 17.7 Å². The van der Waals surface area contributed by atoms with Crippen molar-refractivity contribution in [2.75, 3.05) is 53.0 Å². The van der Waals surface area contributed by atoms with Crippen LogP contribution in [0.2, 0.25) is 0 Å². The molecule has 1 unspecified atom stereocenters.